The zero-order valence-electron chi connectivity index (χ0n) is 18.6. The number of halogens is 1. The molecule has 1 saturated heterocycles. The molecule has 2 aromatic carbocycles. The molecule has 1 amide bonds. The summed E-state index contributed by atoms with van der Waals surface area (Å²) < 4.78 is 0. The summed E-state index contributed by atoms with van der Waals surface area (Å²) in [6.07, 6.45) is 3.87. The van der Waals surface area contributed by atoms with Crippen LogP contribution >= 0.6 is 11.6 Å². The van der Waals surface area contributed by atoms with E-state index in [9.17, 15) is 19.5 Å². The topological polar surface area (TPSA) is 115 Å². The number of carbonyl (C=O) groups excluding carboxylic acids is 2. The lowest BCUT2D eigenvalue weighted by Gasteiger charge is -2.19. The number of nitrogens with zero attached hydrogens (tertiary/aromatic N) is 2. The number of rotatable bonds is 6. The van der Waals surface area contributed by atoms with Crippen molar-refractivity contribution in [2.45, 2.75) is 19.3 Å². The highest BCUT2D eigenvalue weighted by molar-refractivity contribution is 6.31. The Morgan fingerprint density at radius 2 is 1.82 bits per heavy atom. The van der Waals surface area contributed by atoms with Gasteiger partial charge in [0.15, 0.2) is 0 Å². The number of hydrogen-bond donors (Lipinski definition) is 2. The van der Waals surface area contributed by atoms with E-state index in [0.29, 0.717) is 30.1 Å². The standard InChI is InChI=1S/C21H22ClN3O.C4H4O4/c22-18-9-8-17-14-20(26)25(13-12-24-10-4-5-11-24)23-21(19(17)15-18)16-6-2-1-3-7-16;5-3(6)1-2-4(7)8/h1-3,6-9,15H,4-5,10-14H2;1-2H,(H,5,6)(H,7,8)/b;2-1-. The van der Waals surface area contributed by atoms with Gasteiger partial charge in [0.2, 0.25) is 5.91 Å². The molecule has 0 saturated carbocycles. The number of benzene rings is 2. The molecule has 0 radical (unpaired) electrons. The maximum absolute atomic E-state index is 12.8. The summed E-state index contributed by atoms with van der Waals surface area (Å²) in [6, 6.07) is 15.8. The van der Waals surface area contributed by atoms with Crippen LogP contribution in [0.4, 0.5) is 0 Å². The number of quaternary nitrogens is 1. The molecule has 0 atom stereocenters. The zero-order valence-corrected chi connectivity index (χ0v) is 19.3. The number of hydrogen-bond acceptors (Lipinski definition) is 5. The number of hydrazone groups is 1. The van der Waals surface area contributed by atoms with Crippen LogP contribution in [0.3, 0.4) is 0 Å². The van der Waals surface area contributed by atoms with Crippen LogP contribution < -0.4 is 10.0 Å². The van der Waals surface area contributed by atoms with Gasteiger partial charge in [-0.2, -0.15) is 5.10 Å². The van der Waals surface area contributed by atoms with Crippen molar-refractivity contribution in [3.8, 4) is 0 Å². The second kappa shape index (κ2) is 12.1. The quantitative estimate of drug-likeness (QED) is 0.582. The molecule has 4 rings (SSSR count). The van der Waals surface area contributed by atoms with Gasteiger partial charge in [-0.1, -0.05) is 48.0 Å². The van der Waals surface area contributed by atoms with Crippen molar-refractivity contribution in [3.63, 3.8) is 0 Å². The molecule has 8 nitrogen and oxygen atoms in total. The molecule has 2 aliphatic rings. The fraction of sp³-hybridized carbons (Fsp3) is 0.280. The van der Waals surface area contributed by atoms with Crippen LogP contribution in [-0.2, 0) is 20.8 Å². The molecule has 2 heterocycles. The lowest BCUT2D eigenvalue weighted by atomic mass is 9.96. The van der Waals surface area contributed by atoms with E-state index in [-0.39, 0.29) is 5.91 Å². The maximum atomic E-state index is 12.8. The van der Waals surface area contributed by atoms with E-state index in [1.807, 2.05) is 48.5 Å². The monoisotopic (exact) mass is 483 g/mol. The molecule has 0 unspecified atom stereocenters. The highest BCUT2D eigenvalue weighted by atomic mass is 35.5. The molecule has 2 aromatic rings. The Labute approximate surface area is 202 Å². The fourth-order valence-corrected chi connectivity index (χ4v) is 4.09. The molecule has 0 aromatic heterocycles. The Kier molecular flexibility index (Phi) is 8.95. The average Bonchev–Trinajstić information content (AvgIpc) is 3.29. The van der Waals surface area contributed by atoms with Crippen molar-refractivity contribution in [1.29, 1.82) is 0 Å². The lowest BCUT2D eigenvalue weighted by Crippen LogP contribution is -3.10. The average molecular weight is 484 g/mol. The normalized spacial score (nSPS) is 15.9. The van der Waals surface area contributed by atoms with Gasteiger partial charge < -0.3 is 19.9 Å². The van der Waals surface area contributed by atoms with Gasteiger partial charge in [-0.25, -0.2) is 9.80 Å². The second-order valence-corrected chi connectivity index (χ2v) is 8.44. The molecule has 0 spiro atoms. The number of amides is 1. The number of aliphatic carboxylic acids is 2. The van der Waals surface area contributed by atoms with Crippen LogP contribution in [0, 0.1) is 0 Å². The summed E-state index contributed by atoms with van der Waals surface area (Å²) >= 11 is 6.25. The van der Waals surface area contributed by atoms with Gasteiger partial charge in [0.1, 0.15) is 0 Å². The molecule has 0 aliphatic carbocycles. The maximum Gasteiger partial charge on any atom is 0.328 e. The van der Waals surface area contributed by atoms with Crippen LogP contribution in [-0.4, -0.2) is 59.9 Å². The SMILES string of the molecule is O=C([O-])/C=C\C(=O)O.O=C1Cc2ccc(Cl)cc2C(c2ccccc2)=NN1CC[NH+]1CCCC1. The third-order valence-corrected chi connectivity index (χ3v) is 5.81. The predicted octanol–water partition coefficient (Wildman–Crippen LogP) is 0.533. The smallest absolute Gasteiger partial charge is 0.328 e. The summed E-state index contributed by atoms with van der Waals surface area (Å²) in [7, 11) is 0. The van der Waals surface area contributed by atoms with Gasteiger partial charge in [0, 0.05) is 35.1 Å². The Morgan fingerprint density at radius 1 is 1.12 bits per heavy atom. The highest BCUT2D eigenvalue weighted by Crippen LogP contribution is 2.24. The van der Waals surface area contributed by atoms with E-state index >= 15 is 0 Å². The first-order valence-corrected chi connectivity index (χ1v) is 11.4. The number of nitrogens with one attached hydrogen (secondary N) is 1. The van der Waals surface area contributed by atoms with Gasteiger partial charge >= 0.3 is 5.97 Å². The minimum absolute atomic E-state index is 0.0538. The number of fused-ring (bicyclic) bond motifs is 1. The third-order valence-electron chi connectivity index (χ3n) is 5.57. The molecule has 178 valence electrons. The Bertz CT molecular complexity index is 1080. The second-order valence-electron chi connectivity index (χ2n) is 8.01. The van der Waals surface area contributed by atoms with Crippen LogP contribution in [0.5, 0.6) is 0 Å². The van der Waals surface area contributed by atoms with Crippen LogP contribution in [0.2, 0.25) is 5.02 Å². The fourth-order valence-electron chi connectivity index (χ4n) is 3.92. The molecule has 1 fully saturated rings. The third kappa shape index (κ3) is 7.26. The lowest BCUT2D eigenvalue weighted by molar-refractivity contribution is -0.886. The molecule has 9 heteroatoms. The van der Waals surface area contributed by atoms with Gasteiger partial charge in [0.25, 0.3) is 0 Å². The van der Waals surface area contributed by atoms with Crippen molar-refractivity contribution >= 4 is 35.2 Å². The first kappa shape index (κ1) is 25.1. The first-order chi connectivity index (χ1) is 16.3. The van der Waals surface area contributed by atoms with E-state index in [0.717, 1.165) is 28.9 Å². The van der Waals surface area contributed by atoms with Crippen molar-refractivity contribution in [1.82, 2.24) is 5.01 Å². The molecule has 0 bridgehead atoms. The van der Waals surface area contributed by atoms with Crippen molar-refractivity contribution in [3.05, 3.63) is 82.4 Å². The van der Waals surface area contributed by atoms with Crippen molar-refractivity contribution < 1.29 is 29.5 Å². The highest BCUT2D eigenvalue weighted by Gasteiger charge is 2.25. The van der Waals surface area contributed by atoms with Crippen molar-refractivity contribution in [2.24, 2.45) is 5.10 Å². The summed E-state index contributed by atoms with van der Waals surface area (Å²) in [5.74, 6) is -2.75. The van der Waals surface area contributed by atoms with E-state index in [1.165, 1.54) is 25.9 Å². The zero-order chi connectivity index (χ0) is 24.5. The number of likely N-dealkylation sites (tertiary alicyclic amines) is 1. The van der Waals surface area contributed by atoms with Crippen LogP contribution in [0.1, 0.15) is 29.5 Å². The Morgan fingerprint density at radius 3 is 2.44 bits per heavy atom. The Balaban J connectivity index is 0.000000350. The number of carboxylic acid groups (broad SMARTS) is 2. The largest absolute Gasteiger partial charge is 0.545 e. The van der Waals surface area contributed by atoms with E-state index < -0.39 is 11.9 Å². The van der Waals surface area contributed by atoms with Crippen LogP contribution in [0.25, 0.3) is 0 Å². The van der Waals surface area contributed by atoms with E-state index in [4.69, 9.17) is 21.8 Å². The summed E-state index contributed by atoms with van der Waals surface area (Å²) in [5, 5.41) is 24.4. The van der Waals surface area contributed by atoms with Gasteiger partial charge in [-0.3, -0.25) is 4.79 Å². The molecular formula is C25H26ClN3O5. The van der Waals surface area contributed by atoms with E-state index in [2.05, 4.69) is 0 Å². The van der Waals surface area contributed by atoms with Gasteiger partial charge in [0.05, 0.1) is 44.3 Å². The van der Waals surface area contributed by atoms with Gasteiger partial charge in [-0.05, 0) is 23.8 Å². The minimum atomic E-state index is -1.51. The summed E-state index contributed by atoms with van der Waals surface area (Å²) in [5.41, 5.74) is 3.76. The number of carbonyl (C=O) groups is 3. The molecule has 2 aliphatic heterocycles. The molecular weight excluding hydrogens is 458 g/mol. The first-order valence-electron chi connectivity index (χ1n) is 11.0. The van der Waals surface area contributed by atoms with Crippen LogP contribution in [0.15, 0.2) is 65.8 Å². The minimum Gasteiger partial charge on any atom is -0.545 e. The number of carboxylic acids is 2. The van der Waals surface area contributed by atoms with Gasteiger partial charge in [-0.15, -0.1) is 0 Å². The summed E-state index contributed by atoms with van der Waals surface area (Å²) in [6.45, 7) is 4.01. The molecule has 2 N–H and O–H groups in total. The van der Waals surface area contributed by atoms with E-state index in [1.54, 1.807) is 9.91 Å². The van der Waals surface area contributed by atoms with Crippen molar-refractivity contribution in [2.75, 3.05) is 26.2 Å². The Hall–Kier alpha value is -3.49. The summed E-state index contributed by atoms with van der Waals surface area (Å²) in [4.78, 5) is 33.4. The molecule has 34 heavy (non-hydrogen) atoms. The predicted molar refractivity (Wildman–Crippen MR) is 126 cm³/mol.